The van der Waals surface area contributed by atoms with Gasteiger partial charge in [0.25, 0.3) is 0 Å². The van der Waals surface area contributed by atoms with Gasteiger partial charge in [0.05, 0.1) is 10.7 Å². The quantitative estimate of drug-likeness (QED) is 0.869. The summed E-state index contributed by atoms with van der Waals surface area (Å²) in [5.74, 6) is 0.335. The molecular formula is C13H11ClN2O5. The summed E-state index contributed by atoms with van der Waals surface area (Å²) in [5, 5.41) is 3.99. The number of hydrogen-bond donors (Lipinski definition) is 1. The zero-order chi connectivity index (χ0) is 15.0. The van der Waals surface area contributed by atoms with Crippen LogP contribution in [0.5, 0.6) is 11.5 Å². The van der Waals surface area contributed by atoms with Crippen molar-refractivity contribution in [3.63, 3.8) is 0 Å². The Hall–Kier alpha value is -2.41. The summed E-state index contributed by atoms with van der Waals surface area (Å²) in [5.41, 5.74) is 6.70. The van der Waals surface area contributed by atoms with E-state index < -0.39 is 5.97 Å². The van der Waals surface area contributed by atoms with E-state index in [0.717, 1.165) is 0 Å². The average Bonchev–Trinajstić information content (AvgIpc) is 3.03. The summed E-state index contributed by atoms with van der Waals surface area (Å²) < 4.78 is 20.3. The molecule has 0 unspecified atom stereocenters. The number of anilines is 1. The number of nitrogens with zero attached hydrogens (tertiary/aromatic N) is 1. The SMILES string of the molecule is Cc1noc(N)c1C(=O)OCc1cc(Cl)c2c(c1)OCO2. The second-order valence-electron chi connectivity index (χ2n) is 4.39. The number of fused-ring (bicyclic) bond motifs is 1. The van der Waals surface area contributed by atoms with Crippen LogP contribution in [0.2, 0.25) is 5.02 Å². The predicted octanol–water partition coefficient (Wildman–Crippen LogP) is 2.30. The van der Waals surface area contributed by atoms with Crippen LogP contribution in [0.4, 0.5) is 5.88 Å². The van der Waals surface area contributed by atoms with Crippen molar-refractivity contribution in [1.82, 2.24) is 5.16 Å². The maximum Gasteiger partial charge on any atom is 0.346 e. The lowest BCUT2D eigenvalue weighted by Gasteiger charge is -2.06. The van der Waals surface area contributed by atoms with Crippen LogP contribution in [0, 0.1) is 6.92 Å². The highest BCUT2D eigenvalue weighted by Crippen LogP contribution is 2.39. The standard InChI is InChI=1S/C13H11ClN2O5/c1-6-10(12(15)21-16-6)13(17)18-4-7-2-8(14)11-9(3-7)19-5-20-11/h2-3H,4-5,15H2,1H3. The first-order valence-corrected chi connectivity index (χ1v) is 6.41. The zero-order valence-corrected chi connectivity index (χ0v) is 11.8. The Labute approximate surface area is 124 Å². The van der Waals surface area contributed by atoms with Gasteiger partial charge in [0.15, 0.2) is 11.5 Å². The minimum absolute atomic E-state index is 0.0131. The molecule has 2 N–H and O–H groups in total. The number of aryl methyl sites for hydroxylation is 1. The number of hydrogen-bond acceptors (Lipinski definition) is 7. The molecule has 1 aromatic heterocycles. The summed E-state index contributed by atoms with van der Waals surface area (Å²) >= 11 is 6.05. The van der Waals surface area contributed by atoms with Crippen molar-refractivity contribution < 1.29 is 23.5 Å². The molecule has 0 atom stereocenters. The third kappa shape index (κ3) is 2.47. The molecule has 21 heavy (non-hydrogen) atoms. The van der Waals surface area contributed by atoms with Crippen LogP contribution in [0.3, 0.4) is 0 Å². The van der Waals surface area contributed by atoms with Gasteiger partial charge in [0.1, 0.15) is 12.2 Å². The molecule has 0 saturated carbocycles. The first-order chi connectivity index (χ1) is 10.1. The number of carbonyl (C=O) groups is 1. The van der Waals surface area contributed by atoms with Crippen LogP contribution >= 0.6 is 11.6 Å². The summed E-state index contributed by atoms with van der Waals surface area (Å²) in [6, 6.07) is 3.34. The van der Waals surface area contributed by atoms with Gasteiger partial charge in [-0.2, -0.15) is 0 Å². The molecule has 0 spiro atoms. The topological polar surface area (TPSA) is 96.8 Å². The van der Waals surface area contributed by atoms with Crippen molar-refractivity contribution >= 4 is 23.5 Å². The smallest absolute Gasteiger partial charge is 0.346 e. The third-order valence-corrected chi connectivity index (χ3v) is 3.23. The van der Waals surface area contributed by atoms with Crippen molar-refractivity contribution in [2.75, 3.05) is 12.5 Å². The fourth-order valence-electron chi connectivity index (χ4n) is 1.96. The van der Waals surface area contributed by atoms with Gasteiger partial charge in [0.2, 0.25) is 12.7 Å². The van der Waals surface area contributed by atoms with E-state index >= 15 is 0 Å². The molecule has 0 fully saturated rings. The molecule has 2 aromatic rings. The Kier molecular flexibility index (Phi) is 3.34. The van der Waals surface area contributed by atoms with Gasteiger partial charge in [-0.15, -0.1) is 0 Å². The normalized spacial score (nSPS) is 12.5. The molecule has 7 nitrogen and oxygen atoms in total. The average molecular weight is 311 g/mol. The van der Waals surface area contributed by atoms with E-state index in [-0.39, 0.29) is 24.8 Å². The Morgan fingerprint density at radius 1 is 1.48 bits per heavy atom. The second-order valence-corrected chi connectivity index (χ2v) is 4.80. The van der Waals surface area contributed by atoms with E-state index in [1.54, 1.807) is 19.1 Å². The molecule has 0 amide bonds. The molecular weight excluding hydrogens is 300 g/mol. The molecule has 1 aliphatic heterocycles. The van der Waals surface area contributed by atoms with Crippen LogP contribution in [-0.4, -0.2) is 17.9 Å². The fourth-order valence-corrected chi connectivity index (χ4v) is 2.25. The van der Waals surface area contributed by atoms with Crippen LogP contribution < -0.4 is 15.2 Å². The lowest BCUT2D eigenvalue weighted by atomic mass is 10.2. The summed E-state index contributed by atoms with van der Waals surface area (Å²) in [4.78, 5) is 11.9. The Morgan fingerprint density at radius 3 is 3.00 bits per heavy atom. The number of aromatic nitrogens is 1. The summed E-state index contributed by atoms with van der Waals surface area (Å²) in [6.07, 6.45) is 0. The van der Waals surface area contributed by atoms with Crippen LogP contribution in [-0.2, 0) is 11.3 Å². The van der Waals surface area contributed by atoms with Gasteiger partial charge < -0.3 is 24.5 Å². The van der Waals surface area contributed by atoms with Crippen LogP contribution in [0.1, 0.15) is 21.6 Å². The lowest BCUT2D eigenvalue weighted by molar-refractivity contribution is 0.0472. The zero-order valence-electron chi connectivity index (χ0n) is 11.0. The highest BCUT2D eigenvalue weighted by molar-refractivity contribution is 6.32. The van der Waals surface area contributed by atoms with Gasteiger partial charge >= 0.3 is 5.97 Å². The maximum atomic E-state index is 11.9. The largest absolute Gasteiger partial charge is 0.457 e. The van der Waals surface area contributed by atoms with Gasteiger partial charge in [0, 0.05) is 0 Å². The predicted molar refractivity (Wildman–Crippen MR) is 72.3 cm³/mol. The molecule has 8 heteroatoms. The molecule has 0 saturated heterocycles. The Morgan fingerprint density at radius 2 is 2.29 bits per heavy atom. The van der Waals surface area contributed by atoms with Crippen molar-refractivity contribution in [1.29, 1.82) is 0 Å². The minimum Gasteiger partial charge on any atom is -0.457 e. The van der Waals surface area contributed by atoms with E-state index in [1.807, 2.05) is 0 Å². The maximum absolute atomic E-state index is 11.9. The summed E-state index contributed by atoms with van der Waals surface area (Å²) in [6.45, 7) is 1.74. The van der Waals surface area contributed by atoms with E-state index in [9.17, 15) is 4.79 Å². The molecule has 2 heterocycles. The van der Waals surface area contributed by atoms with Crippen molar-refractivity contribution in [2.45, 2.75) is 13.5 Å². The Balaban J connectivity index is 1.74. The van der Waals surface area contributed by atoms with E-state index in [4.69, 9.17) is 36.1 Å². The van der Waals surface area contributed by atoms with Crippen LogP contribution in [0.25, 0.3) is 0 Å². The lowest BCUT2D eigenvalue weighted by Crippen LogP contribution is -2.08. The van der Waals surface area contributed by atoms with Gasteiger partial charge in [-0.1, -0.05) is 16.8 Å². The highest BCUT2D eigenvalue weighted by Gasteiger charge is 2.22. The third-order valence-electron chi connectivity index (χ3n) is 2.95. The first kappa shape index (κ1) is 13.6. The number of rotatable bonds is 3. The number of halogens is 1. The van der Waals surface area contributed by atoms with E-state index in [0.29, 0.717) is 27.8 Å². The highest BCUT2D eigenvalue weighted by atomic mass is 35.5. The Bertz CT molecular complexity index is 693. The number of carbonyl (C=O) groups excluding carboxylic acids is 1. The molecule has 0 radical (unpaired) electrons. The molecule has 0 bridgehead atoms. The molecule has 0 aliphatic carbocycles. The number of nitrogens with two attached hydrogens (primary N) is 1. The van der Waals surface area contributed by atoms with E-state index in [2.05, 4.69) is 5.16 Å². The monoisotopic (exact) mass is 310 g/mol. The summed E-state index contributed by atoms with van der Waals surface area (Å²) in [7, 11) is 0. The molecule has 3 rings (SSSR count). The minimum atomic E-state index is -0.611. The number of benzene rings is 1. The van der Waals surface area contributed by atoms with Crippen molar-refractivity contribution in [3.8, 4) is 11.5 Å². The molecule has 1 aromatic carbocycles. The van der Waals surface area contributed by atoms with Gasteiger partial charge in [-0.25, -0.2) is 4.79 Å². The van der Waals surface area contributed by atoms with Crippen molar-refractivity contribution in [3.05, 3.63) is 34.0 Å². The number of esters is 1. The van der Waals surface area contributed by atoms with Crippen LogP contribution in [0.15, 0.2) is 16.7 Å². The first-order valence-electron chi connectivity index (χ1n) is 6.03. The van der Waals surface area contributed by atoms with E-state index in [1.165, 1.54) is 0 Å². The van der Waals surface area contributed by atoms with Crippen molar-refractivity contribution in [2.24, 2.45) is 0 Å². The number of nitrogen functional groups attached to an aromatic ring is 1. The fraction of sp³-hybridized carbons (Fsp3) is 0.231. The molecule has 110 valence electrons. The van der Waals surface area contributed by atoms with Gasteiger partial charge in [-0.05, 0) is 24.6 Å². The second kappa shape index (κ2) is 5.17. The number of ether oxygens (including phenoxy) is 3. The molecule has 1 aliphatic rings. The van der Waals surface area contributed by atoms with Gasteiger partial charge in [-0.3, -0.25) is 0 Å².